The molecule has 0 aliphatic carbocycles. The summed E-state index contributed by atoms with van der Waals surface area (Å²) in [6.45, 7) is 2.10. The molecule has 0 heterocycles. The predicted octanol–water partition coefficient (Wildman–Crippen LogP) is 0.0138. The minimum absolute atomic E-state index is 0. The average Bonchev–Trinajstić information content (AvgIpc) is 1.68. The summed E-state index contributed by atoms with van der Waals surface area (Å²) < 4.78 is 18.8. The van der Waals surface area contributed by atoms with Crippen LogP contribution in [0.2, 0.25) is 0 Å². The molecule has 9 heavy (non-hydrogen) atoms. The number of hydrogen-bond donors (Lipinski definition) is 0. The van der Waals surface area contributed by atoms with E-state index >= 15 is 0 Å². The van der Waals surface area contributed by atoms with Crippen LogP contribution < -0.4 is 0 Å². The molecule has 0 aliphatic rings. The van der Waals surface area contributed by atoms with E-state index < -0.39 is 9.17 Å². The van der Waals surface area contributed by atoms with Crippen LogP contribution in [0.15, 0.2) is 0 Å². The van der Waals surface area contributed by atoms with E-state index in [9.17, 15) is 4.46 Å². The van der Waals surface area contributed by atoms with Gasteiger partial charge in [0.15, 0.2) is 0 Å². The molecule has 0 N–H and O–H groups in total. The summed E-state index contributed by atoms with van der Waals surface area (Å²) in [6.07, 6.45) is 0. The molecule has 0 saturated carbocycles. The van der Waals surface area contributed by atoms with Crippen molar-refractivity contribution >= 4 is 9.17 Å². The van der Waals surface area contributed by atoms with Crippen molar-refractivity contribution in [1.29, 1.82) is 0 Å². The van der Waals surface area contributed by atoms with Gasteiger partial charge in [-0.15, -0.1) is 0 Å². The van der Waals surface area contributed by atoms with Crippen LogP contribution in [0.5, 0.6) is 0 Å². The third-order valence-corrected chi connectivity index (χ3v) is 1.24. The molecular formula is C3H8HgO4Si+2. The first kappa shape index (κ1) is 12.2. The molecule has 0 aliphatic heterocycles. The Hall–Kier alpha value is 0.512. The molecule has 0 unspecified atom stereocenters. The first-order valence-corrected chi connectivity index (χ1v) is 3.41. The quantitative estimate of drug-likeness (QED) is 0.412. The van der Waals surface area contributed by atoms with E-state index in [1.807, 2.05) is 0 Å². The van der Waals surface area contributed by atoms with Crippen molar-refractivity contribution in [3.05, 3.63) is 0 Å². The zero-order chi connectivity index (χ0) is 6.41. The number of rotatable bonds is 4. The molecule has 4 nitrogen and oxygen atoms in total. The largest absolute Gasteiger partial charge is 2.00 e. The van der Waals surface area contributed by atoms with Crippen LogP contribution in [0, 0.1) is 0 Å². The first-order chi connectivity index (χ1) is 3.81. The molecule has 0 bridgehead atoms. The molecule has 0 saturated heterocycles. The van der Waals surface area contributed by atoms with Gasteiger partial charge in [0, 0.05) is 0 Å². The van der Waals surface area contributed by atoms with Gasteiger partial charge in [-0.25, -0.2) is 4.89 Å². The summed E-state index contributed by atoms with van der Waals surface area (Å²) in [5, 5.41) is 0. The minimum Gasteiger partial charge on any atom is -0.495 e. The Morgan fingerprint density at radius 1 is 1.56 bits per heavy atom. The molecule has 0 amide bonds. The molecule has 0 rings (SSSR count). The summed E-state index contributed by atoms with van der Waals surface area (Å²) in [5.41, 5.74) is 0. The van der Waals surface area contributed by atoms with E-state index in [0.29, 0.717) is 6.61 Å². The van der Waals surface area contributed by atoms with Crippen molar-refractivity contribution in [2.24, 2.45) is 0 Å². The van der Waals surface area contributed by atoms with Crippen molar-refractivity contribution in [2.75, 3.05) is 13.7 Å². The van der Waals surface area contributed by atoms with E-state index in [0.717, 1.165) is 0 Å². The Balaban J connectivity index is 0. The van der Waals surface area contributed by atoms with Gasteiger partial charge in [0.1, 0.15) is 0 Å². The molecule has 6 heteroatoms. The predicted molar refractivity (Wildman–Crippen MR) is 26.2 cm³/mol. The van der Waals surface area contributed by atoms with Gasteiger partial charge in [0.2, 0.25) is 0 Å². The van der Waals surface area contributed by atoms with Gasteiger partial charge in [-0.2, -0.15) is 0 Å². The van der Waals surface area contributed by atoms with Crippen LogP contribution in [-0.2, 0) is 46.0 Å². The SMILES string of the molecule is CCO[Si](=O)OOC.[Hg+2]. The summed E-state index contributed by atoms with van der Waals surface area (Å²) in [6, 6.07) is 0. The zero-order valence-corrected chi connectivity index (χ0v) is 12.0. The molecule has 48 valence electrons. The van der Waals surface area contributed by atoms with Crippen LogP contribution in [0.4, 0.5) is 0 Å². The minimum atomic E-state index is -2.36. The van der Waals surface area contributed by atoms with Crippen molar-refractivity contribution in [1.82, 2.24) is 0 Å². The monoisotopic (exact) mass is 338 g/mol. The Kier molecular flexibility index (Phi) is 11.6. The van der Waals surface area contributed by atoms with E-state index in [1.165, 1.54) is 7.11 Å². The van der Waals surface area contributed by atoms with Gasteiger partial charge >= 0.3 is 36.8 Å². The molecule has 0 aromatic heterocycles. The zero-order valence-electron chi connectivity index (χ0n) is 5.55. The van der Waals surface area contributed by atoms with Crippen molar-refractivity contribution in [3.8, 4) is 0 Å². The normalized spacial score (nSPS) is 7.33. The fraction of sp³-hybridized carbons (Fsp3) is 1.00. The fourth-order valence-corrected chi connectivity index (χ4v) is 0.630. The Labute approximate surface area is 75.8 Å². The smallest absolute Gasteiger partial charge is 0.495 e. The maximum atomic E-state index is 10.3. The second kappa shape index (κ2) is 8.51. The third kappa shape index (κ3) is 8.51. The molecule has 0 atom stereocenters. The maximum Gasteiger partial charge on any atom is 2.00 e. The van der Waals surface area contributed by atoms with Gasteiger partial charge in [-0.05, 0) is 6.92 Å². The van der Waals surface area contributed by atoms with Crippen LogP contribution in [0.3, 0.4) is 0 Å². The van der Waals surface area contributed by atoms with Gasteiger partial charge < -0.3 is 9.00 Å². The van der Waals surface area contributed by atoms with Crippen molar-refractivity contribution in [2.45, 2.75) is 6.92 Å². The van der Waals surface area contributed by atoms with E-state index in [-0.39, 0.29) is 27.7 Å². The molecule has 0 aromatic rings. The van der Waals surface area contributed by atoms with Gasteiger partial charge in [-0.3, -0.25) is 4.46 Å². The van der Waals surface area contributed by atoms with Crippen LogP contribution in [-0.4, -0.2) is 22.9 Å². The molecule has 0 aromatic carbocycles. The van der Waals surface area contributed by atoms with E-state index in [4.69, 9.17) is 0 Å². The van der Waals surface area contributed by atoms with Crippen molar-refractivity contribution < 1.29 is 46.0 Å². The van der Waals surface area contributed by atoms with Gasteiger partial charge in [0.25, 0.3) is 0 Å². The summed E-state index contributed by atoms with van der Waals surface area (Å²) in [7, 11) is -1.08. The van der Waals surface area contributed by atoms with Gasteiger partial charge in [-0.1, -0.05) is 0 Å². The topological polar surface area (TPSA) is 44.8 Å². The Morgan fingerprint density at radius 2 is 2.11 bits per heavy atom. The van der Waals surface area contributed by atoms with Crippen molar-refractivity contribution in [3.63, 3.8) is 0 Å². The summed E-state index contributed by atoms with van der Waals surface area (Å²) >= 11 is 0. The van der Waals surface area contributed by atoms with Crippen LogP contribution in [0.1, 0.15) is 6.92 Å². The van der Waals surface area contributed by atoms with Crippen LogP contribution in [0.25, 0.3) is 0 Å². The Bertz CT molecular complexity index is 70.2. The molecular weight excluding hydrogens is 329 g/mol. The third-order valence-electron chi connectivity index (χ3n) is 0.414. The first-order valence-electron chi connectivity index (χ1n) is 2.18. The molecule has 0 radical (unpaired) electrons. The second-order valence-corrected chi connectivity index (χ2v) is 1.89. The maximum absolute atomic E-state index is 10.3. The summed E-state index contributed by atoms with van der Waals surface area (Å²) in [5.74, 6) is 0. The summed E-state index contributed by atoms with van der Waals surface area (Å²) in [4.78, 5) is 4.06. The van der Waals surface area contributed by atoms with Gasteiger partial charge in [0.05, 0.1) is 13.7 Å². The second-order valence-electron chi connectivity index (χ2n) is 0.933. The standard InChI is InChI=1S/C3H8O4Si.Hg/c1-3-6-8(4)7-5-2;/h3H2,1-2H3;/q;+2. The average molecular weight is 337 g/mol. The van der Waals surface area contributed by atoms with E-state index in [2.05, 4.69) is 13.9 Å². The fourth-order valence-electron chi connectivity index (χ4n) is 0.210. The van der Waals surface area contributed by atoms with E-state index in [1.54, 1.807) is 6.92 Å². The molecule has 0 fully saturated rings. The molecule has 0 spiro atoms. The number of hydrogen-bond acceptors (Lipinski definition) is 4. The Morgan fingerprint density at radius 3 is 2.44 bits per heavy atom. The van der Waals surface area contributed by atoms with Crippen LogP contribution >= 0.6 is 0 Å².